The molecule has 0 radical (unpaired) electrons. The summed E-state index contributed by atoms with van der Waals surface area (Å²) >= 11 is 0. The first-order valence-electron chi connectivity index (χ1n) is 6.81. The predicted molar refractivity (Wildman–Crippen MR) is 76.5 cm³/mol. The minimum absolute atomic E-state index is 0.116. The molecule has 0 aromatic rings. The van der Waals surface area contributed by atoms with E-state index in [9.17, 15) is 5.11 Å². The van der Waals surface area contributed by atoms with Crippen LogP contribution in [-0.4, -0.2) is 19.3 Å². The molecular formula is C14H30OSi. The van der Waals surface area contributed by atoms with Crippen LogP contribution in [0.25, 0.3) is 0 Å². The quantitative estimate of drug-likeness (QED) is 0.465. The van der Waals surface area contributed by atoms with E-state index in [1.54, 1.807) is 0 Å². The Bertz CT molecular complexity index is 182. The highest BCUT2D eigenvalue weighted by Crippen LogP contribution is 2.10. The van der Waals surface area contributed by atoms with E-state index < -0.39 is 8.07 Å². The number of unbranched alkanes of at least 4 members (excludes halogenated alkanes) is 4. The number of hydrogen-bond donors (Lipinski definition) is 1. The van der Waals surface area contributed by atoms with Crippen molar-refractivity contribution in [3.8, 4) is 0 Å². The van der Waals surface area contributed by atoms with Gasteiger partial charge in [0.15, 0.2) is 0 Å². The van der Waals surface area contributed by atoms with Gasteiger partial charge in [-0.05, 0) is 12.8 Å². The molecule has 1 atom stereocenters. The summed E-state index contributed by atoms with van der Waals surface area (Å²) in [4.78, 5) is 0. The molecule has 0 saturated heterocycles. The molecule has 96 valence electrons. The Kier molecular flexibility index (Phi) is 8.95. The zero-order chi connectivity index (χ0) is 12.4. The van der Waals surface area contributed by atoms with Crippen molar-refractivity contribution in [3.05, 3.63) is 11.8 Å². The molecule has 1 unspecified atom stereocenters. The van der Waals surface area contributed by atoms with E-state index >= 15 is 0 Å². The summed E-state index contributed by atoms with van der Waals surface area (Å²) < 4.78 is 0. The number of aliphatic hydroxyl groups excluding tert-OH is 1. The van der Waals surface area contributed by atoms with Crippen LogP contribution in [0.5, 0.6) is 0 Å². The summed E-state index contributed by atoms with van der Waals surface area (Å²) in [5, 5.41) is 9.77. The highest BCUT2D eigenvalue weighted by atomic mass is 28.3. The molecule has 0 heterocycles. The first-order valence-corrected chi connectivity index (χ1v) is 10.4. The molecule has 0 aromatic carbocycles. The average molecular weight is 242 g/mol. The Balaban J connectivity index is 3.45. The monoisotopic (exact) mass is 242 g/mol. The fourth-order valence-electron chi connectivity index (χ4n) is 1.68. The molecular weight excluding hydrogens is 212 g/mol. The van der Waals surface area contributed by atoms with E-state index in [0.717, 1.165) is 12.8 Å². The minimum Gasteiger partial charge on any atom is -0.393 e. The Morgan fingerprint density at radius 3 is 2.25 bits per heavy atom. The van der Waals surface area contributed by atoms with Crippen LogP contribution in [-0.2, 0) is 0 Å². The fraction of sp³-hybridized carbons (Fsp3) is 0.857. The topological polar surface area (TPSA) is 20.2 Å². The van der Waals surface area contributed by atoms with Gasteiger partial charge in [-0.1, -0.05) is 70.4 Å². The van der Waals surface area contributed by atoms with Crippen molar-refractivity contribution in [2.75, 3.05) is 0 Å². The van der Waals surface area contributed by atoms with Crippen LogP contribution in [0.3, 0.4) is 0 Å². The predicted octanol–water partition coefficient (Wildman–Crippen LogP) is 4.53. The van der Waals surface area contributed by atoms with E-state index in [4.69, 9.17) is 0 Å². The highest BCUT2D eigenvalue weighted by molar-refractivity contribution is 6.80. The maximum atomic E-state index is 9.77. The van der Waals surface area contributed by atoms with E-state index in [-0.39, 0.29) is 6.10 Å². The van der Waals surface area contributed by atoms with Crippen molar-refractivity contribution in [3.63, 3.8) is 0 Å². The lowest BCUT2D eigenvalue weighted by Crippen LogP contribution is -2.16. The summed E-state index contributed by atoms with van der Waals surface area (Å²) in [6.45, 7) is 9.19. The van der Waals surface area contributed by atoms with Gasteiger partial charge in [-0.2, -0.15) is 0 Å². The Morgan fingerprint density at radius 1 is 1.06 bits per heavy atom. The highest BCUT2D eigenvalue weighted by Gasteiger charge is 2.07. The van der Waals surface area contributed by atoms with Gasteiger partial charge in [-0.25, -0.2) is 0 Å². The molecule has 0 aliphatic rings. The number of rotatable bonds is 9. The van der Waals surface area contributed by atoms with Gasteiger partial charge in [-0.15, -0.1) is 0 Å². The van der Waals surface area contributed by atoms with Crippen LogP contribution in [0.15, 0.2) is 11.8 Å². The molecule has 0 aliphatic carbocycles. The largest absolute Gasteiger partial charge is 0.393 e. The normalized spacial score (nSPS) is 14.6. The van der Waals surface area contributed by atoms with E-state index in [1.807, 2.05) is 0 Å². The molecule has 0 rings (SSSR count). The molecule has 0 spiro atoms. The first kappa shape index (κ1) is 15.9. The lowest BCUT2D eigenvalue weighted by Gasteiger charge is -2.10. The summed E-state index contributed by atoms with van der Waals surface area (Å²) in [6.07, 6.45) is 10.3. The molecule has 0 amide bonds. The van der Waals surface area contributed by atoms with Crippen LogP contribution in [0, 0.1) is 0 Å². The summed E-state index contributed by atoms with van der Waals surface area (Å²) in [7, 11) is -1.06. The molecule has 2 heteroatoms. The average Bonchev–Trinajstić information content (AvgIpc) is 2.15. The fourth-order valence-corrected chi connectivity index (χ4v) is 2.52. The second-order valence-electron chi connectivity index (χ2n) is 5.86. The molecule has 0 fully saturated rings. The van der Waals surface area contributed by atoms with Gasteiger partial charge in [0.25, 0.3) is 0 Å². The molecule has 0 saturated carbocycles. The standard InChI is InChI=1S/C14H30OSi/c1-5-6-7-8-9-11-14(15)12-10-13-16(2,3)4/h10,13-15H,5-9,11-12H2,1-4H3/b13-10+. The smallest absolute Gasteiger partial charge is 0.0682 e. The van der Waals surface area contributed by atoms with Crippen molar-refractivity contribution in [2.45, 2.75) is 77.6 Å². The van der Waals surface area contributed by atoms with Crippen molar-refractivity contribution in [1.82, 2.24) is 0 Å². The van der Waals surface area contributed by atoms with Gasteiger partial charge in [0.1, 0.15) is 0 Å². The van der Waals surface area contributed by atoms with Crippen LogP contribution in [0.1, 0.15) is 51.9 Å². The Hall–Kier alpha value is -0.0831. The molecule has 1 N–H and O–H groups in total. The summed E-state index contributed by atoms with van der Waals surface area (Å²) in [5.74, 6) is 0. The van der Waals surface area contributed by atoms with Crippen LogP contribution in [0.4, 0.5) is 0 Å². The van der Waals surface area contributed by atoms with Crippen molar-refractivity contribution >= 4 is 8.07 Å². The summed E-state index contributed by atoms with van der Waals surface area (Å²) in [5.41, 5.74) is 2.33. The third kappa shape index (κ3) is 12.0. The van der Waals surface area contributed by atoms with Crippen molar-refractivity contribution in [1.29, 1.82) is 0 Å². The van der Waals surface area contributed by atoms with Gasteiger partial charge in [0, 0.05) is 0 Å². The van der Waals surface area contributed by atoms with Gasteiger partial charge >= 0.3 is 0 Å². The third-order valence-electron chi connectivity index (χ3n) is 2.67. The maximum Gasteiger partial charge on any atom is 0.0682 e. The van der Waals surface area contributed by atoms with E-state index in [0.29, 0.717) is 0 Å². The summed E-state index contributed by atoms with van der Waals surface area (Å²) in [6, 6.07) is 0. The van der Waals surface area contributed by atoms with Crippen LogP contribution < -0.4 is 0 Å². The SMILES string of the molecule is CCCCCCCC(O)C/C=C/[Si](C)(C)C. The Morgan fingerprint density at radius 2 is 1.69 bits per heavy atom. The zero-order valence-corrected chi connectivity index (χ0v) is 12.6. The second-order valence-corrected chi connectivity index (χ2v) is 10.9. The zero-order valence-electron chi connectivity index (χ0n) is 11.6. The van der Waals surface area contributed by atoms with Crippen molar-refractivity contribution < 1.29 is 5.11 Å². The Labute approximate surface area is 103 Å². The van der Waals surface area contributed by atoms with Crippen LogP contribution >= 0.6 is 0 Å². The maximum absolute atomic E-state index is 9.77. The second kappa shape index (κ2) is 9.00. The lowest BCUT2D eigenvalue weighted by molar-refractivity contribution is 0.164. The van der Waals surface area contributed by atoms with Crippen molar-refractivity contribution in [2.24, 2.45) is 0 Å². The third-order valence-corrected chi connectivity index (χ3v) is 3.90. The van der Waals surface area contributed by atoms with Gasteiger partial charge in [-0.3, -0.25) is 0 Å². The van der Waals surface area contributed by atoms with Crippen LogP contribution in [0.2, 0.25) is 19.6 Å². The first-order chi connectivity index (χ1) is 7.45. The van der Waals surface area contributed by atoms with Gasteiger partial charge in [0.05, 0.1) is 14.2 Å². The molecule has 0 aliphatic heterocycles. The van der Waals surface area contributed by atoms with Gasteiger partial charge in [0.2, 0.25) is 0 Å². The van der Waals surface area contributed by atoms with E-state index in [1.165, 1.54) is 32.1 Å². The lowest BCUT2D eigenvalue weighted by atomic mass is 10.1. The molecule has 1 nitrogen and oxygen atoms in total. The molecule has 0 aromatic heterocycles. The van der Waals surface area contributed by atoms with Gasteiger partial charge < -0.3 is 5.11 Å². The number of aliphatic hydroxyl groups is 1. The molecule has 0 bridgehead atoms. The minimum atomic E-state index is -1.06. The number of hydrogen-bond acceptors (Lipinski definition) is 1. The molecule has 16 heavy (non-hydrogen) atoms. The van der Waals surface area contributed by atoms with E-state index in [2.05, 4.69) is 38.3 Å².